The largest absolute Gasteiger partial charge is 0.465 e. The molecule has 2 aliphatic heterocycles. The first-order valence-electron chi connectivity index (χ1n) is 30.6. The second-order valence-electron chi connectivity index (χ2n) is 22.8. The van der Waals surface area contributed by atoms with Gasteiger partial charge in [-0.25, -0.2) is 24.0 Å². The molecule has 0 radical (unpaired) electrons. The summed E-state index contributed by atoms with van der Waals surface area (Å²) < 4.78 is 59.9. The minimum Gasteiger partial charge on any atom is -0.465 e. The zero-order chi connectivity index (χ0) is 66.2. The number of hydrogen-bond acceptors (Lipinski definition) is 19. The lowest BCUT2D eigenvalue weighted by Crippen LogP contribution is -2.70. The molecular weight excluding hydrogens is 1220 g/mol. The van der Waals surface area contributed by atoms with E-state index < -0.39 is 122 Å². The highest BCUT2D eigenvalue weighted by Crippen LogP contribution is 2.35. The number of carbonyl (C=O) groups excluding carboxylic acids is 6. The molecule has 2 fully saturated rings. The molecule has 6 amide bonds. The van der Waals surface area contributed by atoms with Gasteiger partial charge in [-0.2, -0.15) is 0 Å². The minimum atomic E-state index is -2.01. The smallest absolute Gasteiger partial charge is 0.410 e. The highest BCUT2D eigenvalue weighted by atomic mass is 16.7. The van der Waals surface area contributed by atoms with Gasteiger partial charge in [0.2, 0.25) is 6.29 Å². The number of carbonyl (C=O) groups is 6. The summed E-state index contributed by atoms with van der Waals surface area (Å²) in [6.45, 7) is -0.625. The SMILES string of the molecule is CN(C(=O)OCc1ccccc1)[C@@H]1[C@@H](O)[C@@H](O[C@@H]2[C@@H](O)[C@H](O[C@H]3OC(CNC(=O)OCc4ccccc4)=CC[C@H]3NC(=O)OCc3ccccc3)[C@@H](NC(=O)OCc3ccccc3)C[C@H]2NC(=O)[C@H](CNC(=O)OCc2ccccc2)OCc2ccccc2)OC[C@]1(C)O. The van der Waals surface area contributed by atoms with Gasteiger partial charge in [0, 0.05) is 7.05 Å². The molecule has 0 aromatic heterocycles. The first-order valence-corrected chi connectivity index (χ1v) is 30.6. The van der Waals surface area contributed by atoms with E-state index in [1.165, 1.54) is 14.0 Å². The number of ether oxygens (including phenoxy) is 10. The normalized spacial score (nSPS) is 23.4. The van der Waals surface area contributed by atoms with Crippen molar-refractivity contribution in [3.05, 3.63) is 227 Å². The van der Waals surface area contributed by atoms with Crippen molar-refractivity contribution in [2.75, 3.05) is 26.7 Å². The fourth-order valence-electron chi connectivity index (χ4n) is 10.8. The van der Waals surface area contributed by atoms with Gasteiger partial charge in [0.15, 0.2) is 12.4 Å². The van der Waals surface area contributed by atoms with Gasteiger partial charge < -0.3 is 94.2 Å². The van der Waals surface area contributed by atoms with Crippen molar-refractivity contribution in [3.8, 4) is 0 Å². The Morgan fingerprint density at radius 1 is 0.521 bits per heavy atom. The van der Waals surface area contributed by atoms with Crippen molar-refractivity contribution in [1.29, 1.82) is 0 Å². The number of nitrogens with zero attached hydrogens (tertiary/aromatic N) is 1. The Balaban J connectivity index is 1.03. The van der Waals surface area contributed by atoms with Crippen LogP contribution in [-0.4, -0.2) is 156 Å². The number of likely N-dealkylation sites (N-methyl/N-ethyl adjacent to an activating group) is 1. The van der Waals surface area contributed by atoms with E-state index in [1.54, 1.807) is 170 Å². The maximum absolute atomic E-state index is 15.0. The van der Waals surface area contributed by atoms with Crippen LogP contribution in [0.4, 0.5) is 24.0 Å². The van der Waals surface area contributed by atoms with E-state index in [2.05, 4.69) is 26.6 Å². The van der Waals surface area contributed by atoms with Crippen LogP contribution in [0.2, 0.25) is 0 Å². The van der Waals surface area contributed by atoms with Crippen molar-refractivity contribution >= 4 is 36.4 Å². The van der Waals surface area contributed by atoms with Crippen LogP contribution in [0.15, 0.2) is 194 Å². The summed E-state index contributed by atoms with van der Waals surface area (Å²) in [4.78, 5) is 84.0. The Bertz CT molecular complexity index is 3400. The third kappa shape index (κ3) is 20.4. The average molecular weight is 1300 g/mol. The number of aliphatic hydroxyl groups is 3. The molecule has 6 aromatic carbocycles. The maximum Gasteiger partial charge on any atom is 0.410 e. The average Bonchev–Trinajstić information content (AvgIpc) is 1.13. The molecule has 25 nitrogen and oxygen atoms in total. The summed E-state index contributed by atoms with van der Waals surface area (Å²) in [6, 6.07) is 48.0. The number of amides is 6. The molecule has 0 spiro atoms. The standard InChI is InChI=1S/C69H78N6O19/c1-69(84)44-91-63(57(77)60(69)75(2)68(83)90-43-50-31-19-8-20-32-50)94-58-53(72-61(78)55(85-38-45-21-9-3-10-22-45)37-71-65(80)87-40-47-25-13-5-14-26-47)35-54(74-67(82)89-42-49-29-17-7-18-30-49)59(56(58)76)93-62-52(73-66(81)88-41-48-27-15-6-16-28-48)34-33-51(92-62)36-70-64(79)86-39-46-23-11-4-12-24-46/h3-33,52-60,62-63,76-77,84H,34-44H2,1-2H3,(H,70,79)(H,71,80)(H,72,78)(H,73,81)(H,74,82)/t52-,53-,54+,55+,56-,57-,58+,59-,60-,62-,63-,69+/m1/s1. The first-order chi connectivity index (χ1) is 45.5. The number of aliphatic hydroxyl groups excluding tert-OH is 2. The Morgan fingerprint density at radius 2 is 0.926 bits per heavy atom. The van der Waals surface area contributed by atoms with Gasteiger partial charge in [0.25, 0.3) is 5.91 Å². The van der Waals surface area contributed by atoms with Crippen LogP contribution < -0.4 is 26.6 Å². The van der Waals surface area contributed by atoms with Gasteiger partial charge in [-0.3, -0.25) is 4.79 Å². The van der Waals surface area contributed by atoms with E-state index in [0.717, 1.165) is 10.5 Å². The fourth-order valence-corrected chi connectivity index (χ4v) is 10.8. The van der Waals surface area contributed by atoms with E-state index in [1.807, 2.05) is 18.2 Å². The number of rotatable bonds is 26. The Labute approximate surface area is 543 Å². The van der Waals surface area contributed by atoms with Gasteiger partial charge in [0.1, 0.15) is 68.8 Å². The second-order valence-corrected chi connectivity index (χ2v) is 22.8. The zero-order valence-corrected chi connectivity index (χ0v) is 51.8. The highest BCUT2D eigenvalue weighted by Gasteiger charge is 2.55. The Hall–Kier alpha value is -9.60. The van der Waals surface area contributed by atoms with E-state index >= 15 is 4.79 Å². The monoisotopic (exact) mass is 1290 g/mol. The van der Waals surface area contributed by atoms with Crippen LogP contribution >= 0.6 is 0 Å². The summed E-state index contributed by atoms with van der Waals surface area (Å²) in [5.74, 6) is -0.727. The second kappa shape index (κ2) is 34.3. The van der Waals surface area contributed by atoms with Gasteiger partial charge >= 0.3 is 30.5 Å². The number of benzene rings is 6. The van der Waals surface area contributed by atoms with Crippen LogP contribution in [0, 0.1) is 0 Å². The Kier molecular flexibility index (Phi) is 25.1. The Morgan fingerprint density at radius 3 is 1.40 bits per heavy atom. The molecule has 3 aliphatic rings. The molecule has 1 saturated carbocycles. The molecule has 9 rings (SSSR count). The van der Waals surface area contributed by atoms with Crippen LogP contribution in [0.3, 0.4) is 0 Å². The van der Waals surface area contributed by atoms with Crippen molar-refractivity contribution in [2.24, 2.45) is 0 Å². The number of hydrogen-bond donors (Lipinski definition) is 8. The summed E-state index contributed by atoms with van der Waals surface area (Å²) in [5.41, 5.74) is 2.14. The summed E-state index contributed by atoms with van der Waals surface area (Å²) >= 11 is 0. The zero-order valence-electron chi connectivity index (χ0n) is 51.8. The predicted octanol–water partition coefficient (Wildman–Crippen LogP) is 6.77. The van der Waals surface area contributed by atoms with Crippen LogP contribution in [0.25, 0.3) is 0 Å². The lowest BCUT2D eigenvalue weighted by atomic mass is 9.82. The van der Waals surface area contributed by atoms with Crippen molar-refractivity contribution in [1.82, 2.24) is 31.5 Å². The quantitative estimate of drug-likeness (QED) is 0.0260. The number of nitrogens with one attached hydrogen (secondary N) is 5. The molecule has 2 heterocycles. The maximum atomic E-state index is 15.0. The van der Waals surface area contributed by atoms with Crippen molar-refractivity contribution in [3.63, 3.8) is 0 Å². The lowest BCUT2D eigenvalue weighted by Gasteiger charge is -2.50. The third-order valence-electron chi connectivity index (χ3n) is 15.7. The summed E-state index contributed by atoms with van der Waals surface area (Å²) in [5, 5.41) is 51.1. The lowest BCUT2D eigenvalue weighted by molar-refractivity contribution is -0.311. The fraction of sp³-hybridized carbons (Fsp3) is 0.362. The van der Waals surface area contributed by atoms with E-state index in [9.17, 15) is 39.3 Å². The molecule has 0 unspecified atom stereocenters. The van der Waals surface area contributed by atoms with Crippen LogP contribution in [0.5, 0.6) is 0 Å². The topological polar surface area (TPSA) is 319 Å². The molecular formula is C69H78N6O19. The molecule has 1 saturated heterocycles. The first kappa shape index (κ1) is 68.8. The molecule has 8 N–H and O–H groups in total. The third-order valence-corrected chi connectivity index (χ3v) is 15.7. The minimum absolute atomic E-state index is 0.0112. The van der Waals surface area contributed by atoms with Gasteiger partial charge in [-0.1, -0.05) is 182 Å². The molecule has 498 valence electrons. The predicted molar refractivity (Wildman–Crippen MR) is 336 cm³/mol. The molecule has 0 bridgehead atoms. The molecule has 94 heavy (non-hydrogen) atoms. The van der Waals surface area contributed by atoms with Crippen LogP contribution in [0.1, 0.15) is 53.1 Å². The summed E-state index contributed by atoms with van der Waals surface area (Å²) in [6.07, 6.45) is -15.4. The van der Waals surface area contributed by atoms with E-state index in [0.29, 0.717) is 27.8 Å². The van der Waals surface area contributed by atoms with Crippen molar-refractivity contribution < 1.29 is 91.5 Å². The molecule has 25 heteroatoms. The molecule has 1 aliphatic carbocycles. The van der Waals surface area contributed by atoms with Gasteiger partial charge in [-0.05, 0) is 59.2 Å². The van der Waals surface area contributed by atoms with Gasteiger partial charge in [-0.15, -0.1) is 0 Å². The van der Waals surface area contributed by atoms with Crippen molar-refractivity contribution in [2.45, 2.75) is 132 Å². The van der Waals surface area contributed by atoms with E-state index in [4.69, 9.17) is 47.4 Å². The van der Waals surface area contributed by atoms with Gasteiger partial charge in [0.05, 0.1) is 50.5 Å². The van der Waals surface area contributed by atoms with E-state index in [-0.39, 0.29) is 64.8 Å². The van der Waals surface area contributed by atoms with Crippen LogP contribution in [-0.2, 0) is 91.8 Å². The number of alkyl carbamates (subject to hydrolysis) is 4. The summed E-state index contributed by atoms with van der Waals surface area (Å²) in [7, 11) is 1.31. The molecule has 6 aromatic rings. The highest BCUT2D eigenvalue weighted by molar-refractivity contribution is 5.82. The molecule has 12 atom stereocenters.